The van der Waals surface area contributed by atoms with Gasteiger partial charge >= 0.3 is 12.3 Å². The molecule has 0 aliphatic rings. The van der Waals surface area contributed by atoms with E-state index in [0.717, 1.165) is 12.1 Å². The molecule has 0 spiro atoms. The third-order valence-corrected chi connectivity index (χ3v) is 1.86. The lowest BCUT2D eigenvalue weighted by Crippen LogP contribution is -2.17. The summed E-state index contributed by atoms with van der Waals surface area (Å²) < 4.78 is 39.8. The van der Waals surface area contributed by atoms with Gasteiger partial charge in [-0.15, -0.1) is 13.2 Å². The smallest absolute Gasteiger partial charge is 0.478 e. The van der Waals surface area contributed by atoms with Crippen LogP contribution in [0.15, 0.2) is 24.3 Å². The molecule has 0 unspecified atom stereocenters. The third-order valence-electron chi connectivity index (χ3n) is 1.86. The molecule has 7 heteroatoms. The van der Waals surface area contributed by atoms with Gasteiger partial charge in [0.1, 0.15) is 5.75 Å². The van der Waals surface area contributed by atoms with Crippen molar-refractivity contribution >= 4 is 12.0 Å². The summed E-state index contributed by atoms with van der Waals surface area (Å²) in [6.07, 6.45) is -1.97. The molecule has 3 N–H and O–H groups in total. The van der Waals surface area contributed by atoms with E-state index in [9.17, 15) is 18.0 Å². The Balaban J connectivity index is 3.13. The summed E-state index contributed by atoms with van der Waals surface area (Å²) >= 11 is 0. The first kappa shape index (κ1) is 14.0. The van der Waals surface area contributed by atoms with E-state index in [-0.39, 0.29) is 17.7 Å². The topological polar surface area (TPSA) is 72.5 Å². The highest BCUT2D eigenvalue weighted by atomic mass is 19.4. The summed E-state index contributed by atoms with van der Waals surface area (Å²) in [5.41, 5.74) is 5.17. The zero-order chi connectivity index (χ0) is 13.8. The highest BCUT2D eigenvalue weighted by Gasteiger charge is 2.31. The highest BCUT2D eigenvalue weighted by molar-refractivity contribution is 5.89. The van der Waals surface area contributed by atoms with Crippen LogP contribution in [0.5, 0.6) is 5.75 Å². The summed E-state index contributed by atoms with van der Waals surface area (Å²) in [6, 6.07) is 3.10. The molecule has 0 aliphatic carbocycles. The van der Waals surface area contributed by atoms with Crippen LogP contribution in [-0.4, -0.2) is 24.0 Å². The van der Waals surface area contributed by atoms with Gasteiger partial charge in [-0.3, -0.25) is 0 Å². The second-order valence-electron chi connectivity index (χ2n) is 3.28. The van der Waals surface area contributed by atoms with Crippen molar-refractivity contribution in [2.75, 3.05) is 6.54 Å². The van der Waals surface area contributed by atoms with Crippen LogP contribution in [-0.2, 0) is 0 Å². The molecule has 1 rings (SSSR count). The number of carbonyl (C=O) groups is 1. The standard InChI is InChI=1S/C11H10F3NO3/c12-11(13,14)18-9-5-7(2-1-3-15)4-8(6-9)10(16)17/h1-2,4-6H,3,15H2,(H,16,17). The summed E-state index contributed by atoms with van der Waals surface area (Å²) in [7, 11) is 0. The zero-order valence-electron chi connectivity index (χ0n) is 9.07. The molecular weight excluding hydrogens is 251 g/mol. The first-order chi connectivity index (χ1) is 8.31. The average molecular weight is 261 g/mol. The first-order valence-electron chi connectivity index (χ1n) is 4.82. The van der Waals surface area contributed by atoms with Gasteiger partial charge in [0.25, 0.3) is 0 Å². The van der Waals surface area contributed by atoms with Crippen molar-refractivity contribution < 1.29 is 27.8 Å². The summed E-state index contributed by atoms with van der Waals surface area (Å²) in [5.74, 6) is -1.93. The number of aromatic carboxylic acids is 1. The number of rotatable bonds is 4. The normalized spacial score (nSPS) is 11.8. The fourth-order valence-corrected chi connectivity index (χ4v) is 1.24. The molecule has 1 aromatic rings. The molecular formula is C11H10F3NO3. The van der Waals surface area contributed by atoms with Crippen molar-refractivity contribution in [1.29, 1.82) is 0 Å². The molecule has 1 aromatic carbocycles. The van der Waals surface area contributed by atoms with Crippen LogP contribution >= 0.6 is 0 Å². The second-order valence-corrected chi connectivity index (χ2v) is 3.28. The number of carboxylic acids is 1. The molecule has 0 saturated carbocycles. The van der Waals surface area contributed by atoms with Gasteiger partial charge in [-0.1, -0.05) is 12.2 Å². The minimum Gasteiger partial charge on any atom is -0.478 e. The van der Waals surface area contributed by atoms with Crippen molar-refractivity contribution in [2.24, 2.45) is 5.73 Å². The highest BCUT2D eigenvalue weighted by Crippen LogP contribution is 2.25. The van der Waals surface area contributed by atoms with E-state index >= 15 is 0 Å². The van der Waals surface area contributed by atoms with E-state index in [1.54, 1.807) is 0 Å². The molecule has 0 atom stereocenters. The Hall–Kier alpha value is -2.02. The molecule has 0 aromatic heterocycles. The Morgan fingerprint density at radius 1 is 1.39 bits per heavy atom. The Kier molecular flexibility index (Phi) is 4.33. The SMILES string of the molecule is NCC=Cc1cc(OC(F)(F)F)cc(C(=O)O)c1. The average Bonchev–Trinajstić information content (AvgIpc) is 2.23. The van der Waals surface area contributed by atoms with E-state index < -0.39 is 18.1 Å². The van der Waals surface area contributed by atoms with Crippen molar-refractivity contribution in [2.45, 2.75) is 6.36 Å². The van der Waals surface area contributed by atoms with E-state index in [1.807, 2.05) is 0 Å². The van der Waals surface area contributed by atoms with Gasteiger partial charge in [0, 0.05) is 6.54 Å². The molecule has 18 heavy (non-hydrogen) atoms. The van der Waals surface area contributed by atoms with Crippen LogP contribution in [0.2, 0.25) is 0 Å². The van der Waals surface area contributed by atoms with Gasteiger partial charge in [0.2, 0.25) is 0 Å². The molecule has 98 valence electrons. The zero-order valence-corrected chi connectivity index (χ0v) is 9.07. The largest absolute Gasteiger partial charge is 0.573 e. The molecule has 4 nitrogen and oxygen atoms in total. The maximum Gasteiger partial charge on any atom is 0.573 e. The summed E-state index contributed by atoms with van der Waals surface area (Å²) in [5, 5.41) is 8.77. The first-order valence-corrected chi connectivity index (χ1v) is 4.82. The quantitative estimate of drug-likeness (QED) is 0.871. The van der Waals surface area contributed by atoms with Crippen molar-refractivity contribution in [3.8, 4) is 5.75 Å². The molecule has 0 bridgehead atoms. The number of benzene rings is 1. The Bertz CT molecular complexity index is 469. The van der Waals surface area contributed by atoms with E-state index in [0.29, 0.717) is 0 Å². The molecule has 0 saturated heterocycles. The lowest BCUT2D eigenvalue weighted by molar-refractivity contribution is -0.274. The van der Waals surface area contributed by atoms with Gasteiger partial charge in [0.05, 0.1) is 5.56 Å². The van der Waals surface area contributed by atoms with Gasteiger partial charge in [0.15, 0.2) is 0 Å². The van der Waals surface area contributed by atoms with Crippen molar-refractivity contribution in [1.82, 2.24) is 0 Å². The molecule has 0 fully saturated rings. The number of ether oxygens (including phenoxy) is 1. The van der Waals surface area contributed by atoms with Gasteiger partial charge in [-0.05, 0) is 23.8 Å². The fraction of sp³-hybridized carbons (Fsp3) is 0.182. The minimum absolute atomic E-state index is 0.187. The number of nitrogens with two attached hydrogens (primary N) is 1. The maximum absolute atomic E-state index is 12.1. The van der Waals surface area contributed by atoms with Crippen molar-refractivity contribution in [3.63, 3.8) is 0 Å². The van der Waals surface area contributed by atoms with E-state index in [1.165, 1.54) is 18.2 Å². The van der Waals surface area contributed by atoms with Crippen LogP contribution in [0, 0.1) is 0 Å². The summed E-state index contributed by atoms with van der Waals surface area (Å²) in [4.78, 5) is 10.8. The molecule has 0 radical (unpaired) electrons. The minimum atomic E-state index is -4.87. The number of hydrogen-bond acceptors (Lipinski definition) is 3. The third kappa shape index (κ3) is 4.46. The molecule has 0 aliphatic heterocycles. The van der Waals surface area contributed by atoms with Crippen LogP contribution in [0.1, 0.15) is 15.9 Å². The van der Waals surface area contributed by atoms with Gasteiger partial charge in [-0.2, -0.15) is 0 Å². The maximum atomic E-state index is 12.1. The van der Waals surface area contributed by atoms with Crippen molar-refractivity contribution in [3.05, 3.63) is 35.4 Å². The Morgan fingerprint density at radius 2 is 2.06 bits per heavy atom. The predicted molar refractivity (Wildman–Crippen MR) is 58.2 cm³/mol. The Morgan fingerprint density at radius 3 is 2.56 bits per heavy atom. The molecule has 0 heterocycles. The van der Waals surface area contributed by atoms with E-state index in [2.05, 4.69) is 4.74 Å². The number of halogens is 3. The molecule has 0 amide bonds. The lowest BCUT2D eigenvalue weighted by Gasteiger charge is -2.10. The summed E-state index contributed by atoms with van der Waals surface area (Å²) in [6.45, 7) is 0.187. The van der Waals surface area contributed by atoms with Gasteiger partial charge in [-0.25, -0.2) is 4.79 Å². The predicted octanol–water partition coefficient (Wildman–Crippen LogP) is 2.26. The fourth-order valence-electron chi connectivity index (χ4n) is 1.24. The second kappa shape index (κ2) is 5.54. The van der Waals surface area contributed by atoms with Crippen LogP contribution in [0.25, 0.3) is 6.08 Å². The number of alkyl halides is 3. The number of carboxylic acid groups (broad SMARTS) is 1. The van der Waals surface area contributed by atoms with Crippen LogP contribution < -0.4 is 10.5 Å². The monoisotopic (exact) mass is 261 g/mol. The number of hydrogen-bond donors (Lipinski definition) is 2. The Labute approximate surface area is 100 Å². The van der Waals surface area contributed by atoms with Crippen LogP contribution in [0.4, 0.5) is 13.2 Å². The van der Waals surface area contributed by atoms with Crippen LogP contribution in [0.3, 0.4) is 0 Å². The van der Waals surface area contributed by atoms with Gasteiger partial charge < -0.3 is 15.6 Å². The lowest BCUT2D eigenvalue weighted by atomic mass is 10.1. The van der Waals surface area contributed by atoms with E-state index in [4.69, 9.17) is 10.8 Å².